The molecule has 0 amide bonds. The zero-order valence-corrected chi connectivity index (χ0v) is 10.4. The molecule has 1 heterocycles. The van der Waals surface area contributed by atoms with Crippen LogP contribution in [0.5, 0.6) is 0 Å². The first-order valence-electron chi connectivity index (χ1n) is 6.14. The van der Waals surface area contributed by atoms with E-state index in [1.54, 1.807) is 31.2 Å². The van der Waals surface area contributed by atoms with Crippen LogP contribution in [-0.2, 0) is 9.47 Å². The van der Waals surface area contributed by atoms with Crippen LogP contribution < -0.4 is 0 Å². The monoisotopic (exact) mass is 244 g/mol. The third kappa shape index (κ3) is 3.61. The minimum atomic E-state index is -0.415. The lowest BCUT2D eigenvalue weighted by Crippen LogP contribution is -2.14. The van der Waals surface area contributed by atoms with Gasteiger partial charge in [-0.3, -0.25) is 0 Å². The Labute approximate surface area is 107 Å². The van der Waals surface area contributed by atoms with E-state index in [4.69, 9.17) is 9.47 Å². The largest absolute Gasteiger partial charge is 0.446 e. The van der Waals surface area contributed by atoms with Crippen LogP contribution in [0.4, 0.5) is 0 Å². The number of esters is 1. The maximum atomic E-state index is 11.7. The van der Waals surface area contributed by atoms with Crippen molar-refractivity contribution in [1.82, 2.24) is 0 Å². The maximum absolute atomic E-state index is 11.7. The fourth-order valence-corrected chi connectivity index (χ4v) is 1.73. The van der Waals surface area contributed by atoms with Gasteiger partial charge in [0.2, 0.25) is 0 Å². The van der Waals surface area contributed by atoms with E-state index in [-0.39, 0.29) is 12.1 Å². The molecular formula is C15H16O3. The molecule has 0 spiro atoms. The normalized spacial score (nSPS) is 19.7. The summed E-state index contributed by atoms with van der Waals surface area (Å²) >= 11 is 0. The smallest absolute Gasteiger partial charge is 0.339 e. The molecule has 1 aliphatic rings. The Hall–Kier alpha value is -1.79. The lowest BCUT2D eigenvalue weighted by atomic mass is 10.2. The van der Waals surface area contributed by atoms with Gasteiger partial charge in [-0.05, 0) is 31.9 Å². The molecular weight excluding hydrogens is 228 g/mol. The van der Waals surface area contributed by atoms with Crippen molar-refractivity contribution in [2.24, 2.45) is 0 Å². The van der Waals surface area contributed by atoms with Gasteiger partial charge in [-0.1, -0.05) is 30.0 Å². The average Bonchev–Trinajstić information content (AvgIpc) is 2.90. The molecule has 0 saturated carbocycles. The highest BCUT2D eigenvalue weighted by Crippen LogP contribution is 2.10. The Morgan fingerprint density at radius 2 is 2.22 bits per heavy atom. The van der Waals surface area contributed by atoms with Crippen molar-refractivity contribution in [2.75, 3.05) is 6.61 Å². The van der Waals surface area contributed by atoms with Gasteiger partial charge >= 0.3 is 5.97 Å². The molecule has 94 valence electrons. The predicted octanol–water partition coefficient (Wildman–Crippen LogP) is 2.41. The summed E-state index contributed by atoms with van der Waals surface area (Å²) in [5, 5.41) is 0. The molecule has 1 fully saturated rings. The van der Waals surface area contributed by atoms with Crippen LogP contribution in [0.1, 0.15) is 30.1 Å². The Morgan fingerprint density at radius 1 is 1.44 bits per heavy atom. The van der Waals surface area contributed by atoms with E-state index in [1.165, 1.54) is 0 Å². The van der Waals surface area contributed by atoms with Crippen LogP contribution in [0.15, 0.2) is 30.3 Å². The quantitative estimate of drug-likeness (QED) is 0.592. The van der Waals surface area contributed by atoms with E-state index in [0.717, 1.165) is 19.4 Å². The molecule has 2 rings (SSSR count). The van der Waals surface area contributed by atoms with E-state index in [2.05, 4.69) is 11.8 Å². The lowest BCUT2D eigenvalue weighted by Gasteiger charge is -2.07. The predicted molar refractivity (Wildman–Crippen MR) is 68.1 cm³/mol. The summed E-state index contributed by atoms with van der Waals surface area (Å²) < 4.78 is 10.6. The van der Waals surface area contributed by atoms with E-state index in [0.29, 0.717) is 5.56 Å². The minimum absolute atomic E-state index is 0.00266. The van der Waals surface area contributed by atoms with Gasteiger partial charge in [0.15, 0.2) is 6.10 Å². The first-order chi connectivity index (χ1) is 8.75. The zero-order chi connectivity index (χ0) is 12.8. The van der Waals surface area contributed by atoms with Gasteiger partial charge in [-0.15, -0.1) is 0 Å². The molecule has 0 aliphatic carbocycles. The second-order valence-corrected chi connectivity index (χ2v) is 4.20. The molecule has 2 atom stereocenters. The van der Waals surface area contributed by atoms with Crippen LogP contribution in [0.25, 0.3) is 0 Å². The van der Waals surface area contributed by atoms with Crippen LogP contribution in [0, 0.1) is 11.8 Å². The van der Waals surface area contributed by atoms with Crippen molar-refractivity contribution in [1.29, 1.82) is 0 Å². The number of carbonyl (C=O) groups excluding carboxylic acids is 1. The van der Waals surface area contributed by atoms with Gasteiger partial charge in [-0.2, -0.15) is 0 Å². The van der Waals surface area contributed by atoms with E-state index >= 15 is 0 Å². The third-order valence-corrected chi connectivity index (χ3v) is 2.67. The molecule has 0 radical (unpaired) electrons. The summed E-state index contributed by atoms with van der Waals surface area (Å²) in [4.78, 5) is 11.7. The van der Waals surface area contributed by atoms with Crippen molar-refractivity contribution in [3.63, 3.8) is 0 Å². The molecule has 3 heteroatoms. The SMILES string of the molecule is CC(C#CC1CCCO1)OC(=O)c1ccccc1. The molecule has 1 aromatic rings. The lowest BCUT2D eigenvalue weighted by molar-refractivity contribution is 0.0437. The molecule has 2 unspecified atom stereocenters. The molecule has 18 heavy (non-hydrogen) atoms. The minimum Gasteiger partial charge on any atom is -0.446 e. The number of ether oxygens (including phenoxy) is 2. The van der Waals surface area contributed by atoms with Crippen molar-refractivity contribution >= 4 is 5.97 Å². The number of benzene rings is 1. The first kappa shape index (κ1) is 12.7. The van der Waals surface area contributed by atoms with Crippen LogP contribution in [0.2, 0.25) is 0 Å². The van der Waals surface area contributed by atoms with Gasteiger partial charge in [-0.25, -0.2) is 4.79 Å². The Balaban J connectivity index is 1.87. The molecule has 1 aliphatic heterocycles. The summed E-state index contributed by atoms with van der Waals surface area (Å²) in [6, 6.07) is 8.92. The number of hydrogen-bond donors (Lipinski definition) is 0. The standard InChI is InChI=1S/C15H16O3/c1-12(9-10-14-8-5-11-17-14)18-15(16)13-6-3-2-4-7-13/h2-4,6-7,12,14H,5,8,11H2,1H3. The Morgan fingerprint density at radius 3 is 2.89 bits per heavy atom. The van der Waals surface area contributed by atoms with E-state index in [1.807, 2.05) is 6.07 Å². The number of carbonyl (C=O) groups is 1. The van der Waals surface area contributed by atoms with Crippen molar-refractivity contribution in [3.05, 3.63) is 35.9 Å². The Kier molecular flexibility index (Phi) is 4.38. The maximum Gasteiger partial charge on any atom is 0.339 e. The molecule has 0 aromatic heterocycles. The second kappa shape index (κ2) is 6.23. The van der Waals surface area contributed by atoms with Crippen molar-refractivity contribution in [3.8, 4) is 11.8 Å². The fraction of sp³-hybridized carbons (Fsp3) is 0.400. The van der Waals surface area contributed by atoms with Gasteiger partial charge in [0.25, 0.3) is 0 Å². The van der Waals surface area contributed by atoms with Crippen molar-refractivity contribution in [2.45, 2.75) is 32.0 Å². The summed E-state index contributed by atoms with van der Waals surface area (Å²) in [5.74, 6) is 5.55. The van der Waals surface area contributed by atoms with Gasteiger partial charge in [0.05, 0.1) is 5.56 Å². The highest BCUT2D eigenvalue weighted by molar-refractivity contribution is 5.89. The van der Waals surface area contributed by atoms with Gasteiger partial charge in [0, 0.05) is 6.61 Å². The summed E-state index contributed by atoms with van der Waals surface area (Å²) in [6.07, 6.45) is 1.61. The van der Waals surface area contributed by atoms with Crippen LogP contribution in [-0.4, -0.2) is 24.8 Å². The molecule has 0 bridgehead atoms. The van der Waals surface area contributed by atoms with Gasteiger partial charge < -0.3 is 9.47 Å². The van der Waals surface area contributed by atoms with Crippen LogP contribution in [0.3, 0.4) is 0 Å². The number of rotatable bonds is 2. The highest BCUT2D eigenvalue weighted by atomic mass is 16.5. The first-order valence-corrected chi connectivity index (χ1v) is 6.14. The fourth-order valence-electron chi connectivity index (χ4n) is 1.73. The van der Waals surface area contributed by atoms with E-state index < -0.39 is 6.10 Å². The number of hydrogen-bond acceptors (Lipinski definition) is 3. The average molecular weight is 244 g/mol. The summed E-state index contributed by atoms with van der Waals surface area (Å²) in [6.45, 7) is 2.54. The summed E-state index contributed by atoms with van der Waals surface area (Å²) in [7, 11) is 0. The topological polar surface area (TPSA) is 35.5 Å². The third-order valence-electron chi connectivity index (χ3n) is 2.67. The highest BCUT2D eigenvalue weighted by Gasteiger charge is 2.13. The zero-order valence-electron chi connectivity index (χ0n) is 10.4. The molecule has 1 saturated heterocycles. The van der Waals surface area contributed by atoms with E-state index in [9.17, 15) is 4.79 Å². The summed E-state index contributed by atoms with van der Waals surface area (Å²) in [5.41, 5.74) is 0.545. The van der Waals surface area contributed by atoms with Gasteiger partial charge in [0.1, 0.15) is 6.10 Å². The Bertz CT molecular complexity index is 450. The molecule has 0 N–H and O–H groups in total. The van der Waals surface area contributed by atoms with Crippen molar-refractivity contribution < 1.29 is 14.3 Å². The second-order valence-electron chi connectivity index (χ2n) is 4.20. The molecule has 1 aromatic carbocycles. The van der Waals surface area contributed by atoms with Crippen LogP contribution >= 0.6 is 0 Å². The molecule has 3 nitrogen and oxygen atoms in total.